The molecule has 0 N–H and O–H groups in total. The standard InChI is InChI=1S/C26H36FN5O3/c1-17(2)32(16-22-18(3)28-30(7)19(22)4)24(34)15-26(20-9-8-10-21(27)13-20)14-23(33)31(25(26)35)12-11-29(5)6/h8-10,13,17H,11-12,14-16H2,1-7H3. The molecule has 0 saturated carbocycles. The number of nitrogens with zero attached hydrogens (tertiary/aromatic N) is 5. The van der Waals surface area contributed by atoms with Gasteiger partial charge in [-0.3, -0.25) is 24.0 Å². The summed E-state index contributed by atoms with van der Waals surface area (Å²) < 4.78 is 16.0. The number of rotatable bonds is 9. The van der Waals surface area contributed by atoms with Crippen molar-refractivity contribution in [3.05, 3.63) is 52.6 Å². The van der Waals surface area contributed by atoms with Crippen molar-refractivity contribution in [3.63, 3.8) is 0 Å². The SMILES string of the molecule is Cc1nn(C)c(C)c1CN(C(=O)CC1(c2cccc(F)c2)CC(=O)N(CCN(C)C)C1=O)C(C)C. The Bertz CT molecular complexity index is 1130. The molecular formula is C26H36FN5O3. The molecule has 1 aliphatic heterocycles. The van der Waals surface area contributed by atoms with E-state index in [9.17, 15) is 18.8 Å². The Morgan fingerprint density at radius 2 is 1.91 bits per heavy atom. The highest BCUT2D eigenvalue weighted by molar-refractivity contribution is 6.10. The quantitative estimate of drug-likeness (QED) is 0.510. The number of halogens is 1. The van der Waals surface area contributed by atoms with Crippen molar-refractivity contribution in [1.29, 1.82) is 0 Å². The lowest BCUT2D eigenvalue weighted by Crippen LogP contribution is -2.46. The van der Waals surface area contributed by atoms with Crippen LogP contribution in [0.2, 0.25) is 0 Å². The van der Waals surface area contributed by atoms with Crippen molar-refractivity contribution in [3.8, 4) is 0 Å². The summed E-state index contributed by atoms with van der Waals surface area (Å²) in [6.07, 6.45) is -0.374. The Labute approximate surface area is 206 Å². The molecule has 1 aromatic carbocycles. The fraction of sp³-hybridized carbons (Fsp3) is 0.538. The molecule has 1 aliphatic rings. The number of hydrogen-bond acceptors (Lipinski definition) is 5. The van der Waals surface area contributed by atoms with Gasteiger partial charge in [-0.25, -0.2) is 4.39 Å². The van der Waals surface area contributed by atoms with Gasteiger partial charge >= 0.3 is 0 Å². The first kappa shape index (κ1) is 26.5. The molecule has 0 bridgehead atoms. The van der Waals surface area contributed by atoms with E-state index >= 15 is 0 Å². The summed E-state index contributed by atoms with van der Waals surface area (Å²) in [6, 6.07) is 5.55. The average molecular weight is 486 g/mol. The second kappa shape index (κ2) is 10.3. The lowest BCUT2D eigenvalue weighted by Gasteiger charge is -2.33. The van der Waals surface area contributed by atoms with Crippen LogP contribution in [-0.4, -0.2) is 75.4 Å². The zero-order valence-electron chi connectivity index (χ0n) is 21.8. The van der Waals surface area contributed by atoms with E-state index in [1.165, 1.54) is 23.1 Å². The first-order chi connectivity index (χ1) is 16.4. The molecule has 8 nitrogen and oxygen atoms in total. The van der Waals surface area contributed by atoms with Crippen LogP contribution < -0.4 is 0 Å². The molecule has 35 heavy (non-hydrogen) atoms. The van der Waals surface area contributed by atoms with Gasteiger partial charge in [0, 0.05) is 56.8 Å². The predicted octanol–water partition coefficient (Wildman–Crippen LogP) is 2.56. The Kier molecular flexibility index (Phi) is 7.79. The normalized spacial score (nSPS) is 18.3. The van der Waals surface area contributed by atoms with Gasteiger partial charge in [-0.05, 0) is 59.5 Å². The van der Waals surface area contributed by atoms with Crippen molar-refractivity contribution in [2.24, 2.45) is 7.05 Å². The van der Waals surface area contributed by atoms with Crippen LogP contribution in [0.25, 0.3) is 0 Å². The van der Waals surface area contributed by atoms with Gasteiger partial charge in [0.05, 0.1) is 11.1 Å². The van der Waals surface area contributed by atoms with E-state index in [1.807, 2.05) is 53.7 Å². The molecule has 0 radical (unpaired) electrons. The second-order valence-electron chi connectivity index (χ2n) is 9.99. The Balaban J connectivity index is 1.99. The zero-order valence-corrected chi connectivity index (χ0v) is 21.8. The molecule has 1 unspecified atom stereocenters. The molecule has 1 saturated heterocycles. The predicted molar refractivity (Wildman–Crippen MR) is 131 cm³/mol. The van der Waals surface area contributed by atoms with Gasteiger partial charge in [0.25, 0.3) is 0 Å². The fourth-order valence-corrected chi connectivity index (χ4v) is 4.71. The lowest BCUT2D eigenvalue weighted by molar-refractivity contribution is -0.143. The molecule has 3 amide bonds. The van der Waals surface area contributed by atoms with E-state index in [2.05, 4.69) is 5.10 Å². The maximum Gasteiger partial charge on any atom is 0.240 e. The van der Waals surface area contributed by atoms with Gasteiger partial charge in [-0.2, -0.15) is 5.10 Å². The molecule has 1 atom stereocenters. The van der Waals surface area contributed by atoms with E-state index in [1.54, 1.807) is 15.6 Å². The van der Waals surface area contributed by atoms with Crippen LogP contribution in [0.5, 0.6) is 0 Å². The molecule has 0 aliphatic carbocycles. The highest BCUT2D eigenvalue weighted by Crippen LogP contribution is 2.41. The number of imide groups is 1. The summed E-state index contributed by atoms with van der Waals surface area (Å²) in [5.74, 6) is -1.56. The summed E-state index contributed by atoms with van der Waals surface area (Å²) in [4.78, 5) is 45.3. The molecule has 2 aromatic rings. The van der Waals surface area contributed by atoms with E-state index in [-0.39, 0.29) is 37.2 Å². The van der Waals surface area contributed by atoms with Gasteiger partial charge in [-0.1, -0.05) is 12.1 Å². The smallest absolute Gasteiger partial charge is 0.240 e. The van der Waals surface area contributed by atoms with Gasteiger partial charge in [0.15, 0.2) is 0 Å². The van der Waals surface area contributed by atoms with Gasteiger partial charge in [0.1, 0.15) is 5.82 Å². The van der Waals surface area contributed by atoms with Gasteiger partial charge in [-0.15, -0.1) is 0 Å². The number of likely N-dealkylation sites (tertiary alicyclic amines) is 1. The summed E-state index contributed by atoms with van der Waals surface area (Å²) in [5.41, 5.74) is 1.67. The lowest BCUT2D eigenvalue weighted by atomic mass is 9.75. The Hall–Kier alpha value is -3.07. The number of carbonyl (C=O) groups is 3. The first-order valence-electron chi connectivity index (χ1n) is 11.9. The molecule has 9 heteroatoms. The van der Waals surface area contributed by atoms with E-state index < -0.39 is 17.1 Å². The Morgan fingerprint density at radius 1 is 1.23 bits per heavy atom. The minimum atomic E-state index is -1.44. The number of amides is 3. The van der Waals surface area contributed by atoms with E-state index in [0.717, 1.165) is 17.0 Å². The number of carbonyl (C=O) groups excluding carboxylic acids is 3. The maximum atomic E-state index is 14.2. The third-order valence-electron chi connectivity index (χ3n) is 6.94. The van der Waals surface area contributed by atoms with Gasteiger partial charge in [0.2, 0.25) is 17.7 Å². The van der Waals surface area contributed by atoms with Gasteiger partial charge < -0.3 is 9.80 Å². The molecule has 0 spiro atoms. The number of aryl methyl sites for hydroxylation is 2. The molecule has 2 heterocycles. The fourth-order valence-electron chi connectivity index (χ4n) is 4.71. The molecular weight excluding hydrogens is 449 g/mol. The number of aromatic nitrogens is 2. The van der Waals surface area contributed by atoms with E-state index in [4.69, 9.17) is 0 Å². The summed E-state index contributed by atoms with van der Waals surface area (Å²) in [5, 5.41) is 4.45. The number of hydrogen-bond donors (Lipinski definition) is 0. The highest BCUT2D eigenvalue weighted by atomic mass is 19.1. The zero-order chi connectivity index (χ0) is 26.1. The minimum absolute atomic E-state index is 0.150. The van der Waals surface area contributed by atoms with Crippen molar-refractivity contribution < 1.29 is 18.8 Å². The van der Waals surface area contributed by atoms with Crippen LogP contribution in [0.3, 0.4) is 0 Å². The van der Waals surface area contributed by atoms with E-state index in [0.29, 0.717) is 18.7 Å². The van der Waals surface area contributed by atoms with Crippen molar-refractivity contribution in [1.82, 2.24) is 24.5 Å². The Morgan fingerprint density at radius 3 is 2.46 bits per heavy atom. The van der Waals surface area contributed by atoms with Crippen LogP contribution in [0.4, 0.5) is 4.39 Å². The van der Waals surface area contributed by atoms with Crippen molar-refractivity contribution >= 4 is 17.7 Å². The second-order valence-corrected chi connectivity index (χ2v) is 9.99. The summed E-state index contributed by atoms with van der Waals surface area (Å²) >= 11 is 0. The largest absolute Gasteiger partial charge is 0.336 e. The summed E-state index contributed by atoms with van der Waals surface area (Å²) in [7, 11) is 5.58. The number of likely N-dealkylation sites (N-methyl/N-ethyl adjacent to an activating group) is 1. The maximum absolute atomic E-state index is 14.2. The van der Waals surface area contributed by atoms with Crippen molar-refractivity contribution in [2.45, 2.75) is 58.5 Å². The van der Waals surface area contributed by atoms with Crippen LogP contribution in [0.15, 0.2) is 24.3 Å². The third-order valence-corrected chi connectivity index (χ3v) is 6.94. The molecule has 3 rings (SSSR count). The van der Waals surface area contributed by atoms with Crippen molar-refractivity contribution in [2.75, 3.05) is 27.2 Å². The topological polar surface area (TPSA) is 78.8 Å². The third kappa shape index (κ3) is 5.29. The van der Waals surface area contributed by atoms with Crippen LogP contribution in [0.1, 0.15) is 49.2 Å². The minimum Gasteiger partial charge on any atom is -0.336 e. The number of benzene rings is 1. The summed E-state index contributed by atoms with van der Waals surface area (Å²) in [6.45, 7) is 8.75. The van der Waals surface area contributed by atoms with Crippen LogP contribution in [0, 0.1) is 19.7 Å². The first-order valence-corrected chi connectivity index (χ1v) is 11.9. The molecule has 1 fully saturated rings. The van der Waals surface area contributed by atoms with Crippen LogP contribution >= 0.6 is 0 Å². The molecule has 1 aromatic heterocycles. The van der Waals surface area contributed by atoms with Crippen LogP contribution in [-0.2, 0) is 33.4 Å². The monoisotopic (exact) mass is 485 g/mol. The molecule has 190 valence electrons. The average Bonchev–Trinajstić information content (AvgIpc) is 3.15. The highest BCUT2D eigenvalue weighted by Gasteiger charge is 2.54.